The highest BCUT2D eigenvalue weighted by molar-refractivity contribution is 7.08. The number of nitrogens with zero attached hydrogens (tertiary/aromatic N) is 2. The Bertz CT molecular complexity index is 521. The zero-order valence-electron chi connectivity index (χ0n) is 12.4. The van der Waals surface area contributed by atoms with E-state index in [0.717, 1.165) is 30.8 Å². The van der Waals surface area contributed by atoms with Crippen molar-refractivity contribution < 1.29 is 14.7 Å². The predicted molar refractivity (Wildman–Crippen MR) is 79.5 cm³/mol. The molecule has 1 fully saturated rings. The molecule has 2 rings (SSSR count). The van der Waals surface area contributed by atoms with E-state index in [0.29, 0.717) is 23.4 Å². The van der Waals surface area contributed by atoms with Crippen LogP contribution in [0, 0.1) is 0 Å². The summed E-state index contributed by atoms with van der Waals surface area (Å²) in [5.41, 5.74) is 0.0538. The van der Waals surface area contributed by atoms with Crippen LogP contribution in [0.3, 0.4) is 0 Å². The van der Waals surface area contributed by atoms with Crippen molar-refractivity contribution in [2.24, 2.45) is 0 Å². The van der Waals surface area contributed by atoms with E-state index < -0.39 is 11.5 Å². The van der Waals surface area contributed by atoms with Crippen LogP contribution < -0.4 is 5.32 Å². The minimum atomic E-state index is -0.872. The molecule has 1 aromatic heterocycles. The van der Waals surface area contributed by atoms with Crippen molar-refractivity contribution in [2.75, 3.05) is 0 Å². The smallest absolute Gasteiger partial charge is 0.305 e. The summed E-state index contributed by atoms with van der Waals surface area (Å²) >= 11 is 1.07. The average Bonchev–Trinajstić information content (AvgIpc) is 2.87. The van der Waals surface area contributed by atoms with E-state index in [1.165, 1.54) is 0 Å². The Morgan fingerprint density at radius 3 is 2.57 bits per heavy atom. The molecular formula is C14H21N3O3S. The first-order valence-electron chi connectivity index (χ1n) is 7.30. The van der Waals surface area contributed by atoms with Crippen LogP contribution in [0.15, 0.2) is 0 Å². The van der Waals surface area contributed by atoms with Crippen molar-refractivity contribution in [3.63, 3.8) is 0 Å². The fourth-order valence-corrected chi connectivity index (χ4v) is 3.61. The summed E-state index contributed by atoms with van der Waals surface area (Å²) in [6, 6.07) is 0. The molecule has 1 aliphatic rings. The zero-order valence-corrected chi connectivity index (χ0v) is 13.2. The first-order valence-corrected chi connectivity index (χ1v) is 8.07. The van der Waals surface area contributed by atoms with Crippen LogP contribution in [0.4, 0.5) is 0 Å². The third-order valence-corrected chi connectivity index (χ3v) is 4.69. The number of hydrogen-bond acceptors (Lipinski definition) is 5. The summed E-state index contributed by atoms with van der Waals surface area (Å²) in [5.74, 6) is -0.994. The molecule has 6 nitrogen and oxygen atoms in total. The molecule has 0 aromatic carbocycles. The molecule has 0 spiro atoms. The number of carboxylic acids is 1. The molecule has 2 N–H and O–H groups in total. The van der Waals surface area contributed by atoms with E-state index in [4.69, 9.17) is 5.11 Å². The van der Waals surface area contributed by atoms with Gasteiger partial charge in [0.2, 0.25) is 0 Å². The number of aliphatic carboxylic acids is 1. The Balaban J connectivity index is 2.17. The lowest BCUT2D eigenvalue weighted by molar-refractivity contribution is -0.139. The molecule has 0 saturated heterocycles. The molecule has 1 aromatic rings. The summed E-state index contributed by atoms with van der Waals surface area (Å²) in [7, 11) is 0. The third kappa shape index (κ3) is 3.78. The van der Waals surface area contributed by atoms with Gasteiger partial charge in [0.1, 0.15) is 4.88 Å². The van der Waals surface area contributed by atoms with Gasteiger partial charge in [-0.15, -0.1) is 5.10 Å². The van der Waals surface area contributed by atoms with Crippen molar-refractivity contribution >= 4 is 23.4 Å². The number of nitrogens with one attached hydrogen (secondary N) is 1. The van der Waals surface area contributed by atoms with E-state index in [1.54, 1.807) is 0 Å². The lowest BCUT2D eigenvalue weighted by Gasteiger charge is -2.36. The van der Waals surface area contributed by atoms with Gasteiger partial charge in [-0.3, -0.25) is 9.59 Å². The molecule has 1 amide bonds. The van der Waals surface area contributed by atoms with Crippen LogP contribution in [0.1, 0.15) is 73.7 Å². The zero-order chi connectivity index (χ0) is 15.5. The second-order valence-corrected chi connectivity index (χ2v) is 6.76. The van der Waals surface area contributed by atoms with Crippen LogP contribution in [-0.4, -0.2) is 32.1 Å². The minimum absolute atomic E-state index is 0.0258. The van der Waals surface area contributed by atoms with Gasteiger partial charge in [-0.2, -0.15) is 0 Å². The lowest BCUT2D eigenvalue weighted by Crippen LogP contribution is -2.51. The number of amides is 1. The van der Waals surface area contributed by atoms with Gasteiger partial charge >= 0.3 is 5.97 Å². The number of aromatic nitrogens is 2. The van der Waals surface area contributed by atoms with Crippen molar-refractivity contribution in [1.82, 2.24) is 14.9 Å². The highest BCUT2D eigenvalue weighted by atomic mass is 32.1. The highest BCUT2D eigenvalue weighted by Crippen LogP contribution is 2.32. The van der Waals surface area contributed by atoms with Gasteiger partial charge in [-0.05, 0) is 30.3 Å². The van der Waals surface area contributed by atoms with Crippen LogP contribution in [-0.2, 0) is 4.79 Å². The molecule has 0 aliphatic heterocycles. The maximum absolute atomic E-state index is 12.5. The van der Waals surface area contributed by atoms with Crippen LogP contribution in [0.5, 0.6) is 0 Å². The Hall–Kier alpha value is -1.50. The molecule has 0 radical (unpaired) electrons. The molecular weight excluding hydrogens is 290 g/mol. The van der Waals surface area contributed by atoms with E-state index >= 15 is 0 Å². The fraction of sp³-hybridized carbons (Fsp3) is 0.714. The van der Waals surface area contributed by atoms with Crippen LogP contribution in [0.2, 0.25) is 0 Å². The van der Waals surface area contributed by atoms with Gasteiger partial charge in [0, 0.05) is 0 Å². The third-order valence-electron chi connectivity index (χ3n) is 3.95. The summed E-state index contributed by atoms with van der Waals surface area (Å²) in [5, 5.41) is 16.1. The van der Waals surface area contributed by atoms with Crippen molar-refractivity contribution in [2.45, 2.75) is 63.8 Å². The maximum atomic E-state index is 12.5. The highest BCUT2D eigenvalue weighted by Gasteiger charge is 2.37. The predicted octanol–water partition coefficient (Wildman–Crippen LogP) is 2.57. The van der Waals surface area contributed by atoms with E-state index in [9.17, 15) is 9.59 Å². The second-order valence-electron chi connectivity index (χ2n) is 6.01. The first-order chi connectivity index (χ1) is 9.93. The van der Waals surface area contributed by atoms with Crippen LogP contribution in [0.25, 0.3) is 0 Å². The molecule has 0 atom stereocenters. The van der Waals surface area contributed by atoms with Gasteiger partial charge in [-0.1, -0.05) is 37.6 Å². The molecule has 1 heterocycles. The van der Waals surface area contributed by atoms with Gasteiger partial charge in [0.15, 0.2) is 0 Å². The molecule has 1 aliphatic carbocycles. The number of carbonyl (C=O) groups is 2. The maximum Gasteiger partial charge on any atom is 0.305 e. The number of rotatable bonds is 5. The summed E-state index contributed by atoms with van der Waals surface area (Å²) in [6.07, 6.45) is 4.40. The van der Waals surface area contributed by atoms with Gasteiger partial charge in [0.25, 0.3) is 5.91 Å². The van der Waals surface area contributed by atoms with Crippen molar-refractivity contribution in [3.05, 3.63) is 10.6 Å². The molecule has 0 unspecified atom stereocenters. The Kier molecular flexibility index (Phi) is 4.92. The van der Waals surface area contributed by atoms with Crippen LogP contribution >= 0.6 is 11.5 Å². The monoisotopic (exact) mass is 311 g/mol. The van der Waals surface area contributed by atoms with E-state index in [2.05, 4.69) is 14.9 Å². The number of carbonyl (C=O) groups excluding carboxylic acids is 1. The van der Waals surface area contributed by atoms with E-state index in [-0.39, 0.29) is 18.2 Å². The van der Waals surface area contributed by atoms with Crippen molar-refractivity contribution in [1.29, 1.82) is 0 Å². The molecule has 1 saturated carbocycles. The SMILES string of the molecule is CC(C)c1nnsc1C(=O)NC1(CC(=O)O)CCCCC1. The summed E-state index contributed by atoms with van der Waals surface area (Å²) < 4.78 is 3.86. The average molecular weight is 311 g/mol. The fourth-order valence-electron chi connectivity index (χ4n) is 2.89. The first kappa shape index (κ1) is 15.9. The summed E-state index contributed by atoms with van der Waals surface area (Å²) in [4.78, 5) is 24.2. The standard InChI is InChI=1S/C14H21N3O3S/c1-9(2)11-12(21-17-16-11)13(20)15-14(8-10(18)19)6-4-3-5-7-14/h9H,3-8H2,1-2H3,(H,15,20)(H,18,19). The quantitative estimate of drug-likeness (QED) is 0.872. The number of carboxylic acid groups (broad SMARTS) is 1. The summed E-state index contributed by atoms with van der Waals surface area (Å²) in [6.45, 7) is 3.92. The largest absolute Gasteiger partial charge is 0.481 e. The van der Waals surface area contributed by atoms with Gasteiger partial charge < -0.3 is 10.4 Å². The van der Waals surface area contributed by atoms with Gasteiger partial charge in [-0.25, -0.2) is 0 Å². The van der Waals surface area contributed by atoms with Gasteiger partial charge in [0.05, 0.1) is 17.7 Å². The minimum Gasteiger partial charge on any atom is -0.481 e. The van der Waals surface area contributed by atoms with E-state index in [1.807, 2.05) is 13.8 Å². The lowest BCUT2D eigenvalue weighted by atomic mass is 9.79. The second kappa shape index (κ2) is 6.51. The molecule has 7 heteroatoms. The molecule has 116 valence electrons. The Labute approximate surface area is 128 Å². The molecule has 0 bridgehead atoms. The molecule has 21 heavy (non-hydrogen) atoms. The number of hydrogen-bond donors (Lipinski definition) is 2. The topological polar surface area (TPSA) is 92.2 Å². The van der Waals surface area contributed by atoms with Crippen molar-refractivity contribution in [3.8, 4) is 0 Å². The Morgan fingerprint density at radius 2 is 2.00 bits per heavy atom. The Morgan fingerprint density at radius 1 is 1.33 bits per heavy atom. The normalized spacial score (nSPS) is 17.7.